The number of hydroxylamine groups is 1. The summed E-state index contributed by atoms with van der Waals surface area (Å²) in [6.45, 7) is 0.895. The fraction of sp³-hybridized carbons (Fsp3) is 0.120. The van der Waals surface area contributed by atoms with Gasteiger partial charge < -0.3 is 4.90 Å². The van der Waals surface area contributed by atoms with Crippen LogP contribution in [0.15, 0.2) is 72.8 Å². The molecule has 0 fully saturated rings. The number of carbonyl (C=O) groups is 2. The van der Waals surface area contributed by atoms with E-state index in [-0.39, 0.29) is 11.7 Å². The first-order valence-electron chi connectivity index (χ1n) is 9.93. The Morgan fingerprint density at radius 1 is 0.935 bits per heavy atom. The zero-order valence-corrected chi connectivity index (χ0v) is 16.7. The van der Waals surface area contributed by atoms with Gasteiger partial charge >= 0.3 is 0 Å². The molecule has 1 aliphatic heterocycles. The van der Waals surface area contributed by atoms with Gasteiger partial charge in [-0.1, -0.05) is 48.5 Å². The first-order valence-corrected chi connectivity index (χ1v) is 9.93. The number of nitrogens with zero attached hydrogens (tertiary/aromatic N) is 1. The van der Waals surface area contributed by atoms with Gasteiger partial charge in [0.1, 0.15) is 5.82 Å². The molecule has 0 aliphatic carbocycles. The summed E-state index contributed by atoms with van der Waals surface area (Å²) in [5, 5.41) is 8.83. The third kappa shape index (κ3) is 4.54. The van der Waals surface area contributed by atoms with Crippen molar-refractivity contribution in [3.8, 4) is 0 Å². The minimum Gasteiger partial charge on any atom is -0.334 e. The monoisotopic (exact) mass is 416 g/mol. The molecule has 3 aromatic rings. The van der Waals surface area contributed by atoms with E-state index in [9.17, 15) is 14.0 Å². The lowest BCUT2D eigenvalue weighted by Gasteiger charge is -2.30. The van der Waals surface area contributed by atoms with E-state index in [1.807, 2.05) is 36.4 Å². The molecule has 31 heavy (non-hydrogen) atoms. The number of carbonyl (C=O) groups excluding carboxylic acids is 2. The van der Waals surface area contributed by atoms with Gasteiger partial charge in [0.2, 0.25) is 0 Å². The predicted octanol–water partition coefficient (Wildman–Crippen LogP) is 4.07. The summed E-state index contributed by atoms with van der Waals surface area (Å²) in [5.41, 5.74) is 5.96. The Hall–Kier alpha value is -3.77. The average Bonchev–Trinajstić information content (AvgIpc) is 2.82. The number of benzene rings is 3. The fourth-order valence-corrected chi connectivity index (χ4v) is 3.72. The van der Waals surface area contributed by atoms with Crippen LogP contribution in [0.25, 0.3) is 11.6 Å². The van der Waals surface area contributed by atoms with Gasteiger partial charge in [-0.3, -0.25) is 14.8 Å². The van der Waals surface area contributed by atoms with E-state index in [1.54, 1.807) is 40.7 Å². The molecule has 3 aromatic carbocycles. The third-order valence-corrected chi connectivity index (χ3v) is 5.37. The summed E-state index contributed by atoms with van der Waals surface area (Å²) >= 11 is 0. The van der Waals surface area contributed by atoms with Gasteiger partial charge in [0.25, 0.3) is 11.8 Å². The van der Waals surface area contributed by atoms with E-state index in [0.717, 1.165) is 16.7 Å². The van der Waals surface area contributed by atoms with E-state index in [1.165, 1.54) is 12.1 Å². The lowest BCUT2D eigenvalue weighted by molar-refractivity contribution is -0.125. The number of nitrogens with one attached hydrogen (secondary N) is 1. The number of halogens is 1. The van der Waals surface area contributed by atoms with Gasteiger partial charge in [-0.2, -0.15) is 0 Å². The van der Waals surface area contributed by atoms with Crippen LogP contribution in [0, 0.1) is 5.82 Å². The second kappa shape index (κ2) is 8.93. The number of hydrogen-bond donors (Lipinski definition) is 2. The van der Waals surface area contributed by atoms with Gasteiger partial charge in [0.15, 0.2) is 0 Å². The molecule has 0 bridgehead atoms. The third-order valence-electron chi connectivity index (χ3n) is 5.37. The topological polar surface area (TPSA) is 69.6 Å². The van der Waals surface area contributed by atoms with Crippen molar-refractivity contribution in [3.05, 3.63) is 106 Å². The minimum absolute atomic E-state index is 0.140. The molecule has 2 N–H and O–H groups in total. The summed E-state index contributed by atoms with van der Waals surface area (Å²) in [7, 11) is 0. The quantitative estimate of drug-likeness (QED) is 0.292. The summed E-state index contributed by atoms with van der Waals surface area (Å²) in [4.78, 5) is 26.9. The van der Waals surface area contributed by atoms with Crippen molar-refractivity contribution in [1.29, 1.82) is 0 Å². The van der Waals surface area contributed by atoms with Crippen LogP contribution in [0.3, 0.4) is 0 Å². The molecule has 1 aliphatic rings. The highest BCUT2D eigenvalue weighted by atomic mass is 19.1. The number of amides is 2. The van der Waals surface area contributed by atoms with Gasteiger partial charge in [0.05, 0.1) is 0 Å². The van der Waals surface area contributed by atoms with Crippen molar-refractivity contribution in [2.24, 2.45) is 0 Å². The van der Waals surface area contributed by atoms with Crippen molar-refractivity contribution in [1.82, 2.24) is 10.4 Å². The largest absolute Gasteiger partial charge is 0.334 e. The molecule has 0 aromatic heterocycles. The summed E-state index contributed by atoms with van der Waals surface area (Å²) in [6, 6.07) is 20.6. The van der Waals surface area contributed by atoms with Crippen molar-refractivity contribution in [2.75, 3.05) is 6.54 Å². The SMILES string of the molecule is O=C(NO)c1ccc2c(c1)CCN(C(=O)/C(=C/c1ccccc1)c1ccc(F)cc1)C2. The van der Waals surface area contributed by atoms with Crippen LogP contribution in [0.5, 0.6) is 0 Å². The minimum atomic E-state index is -0.564. The number of fused-ring (bicyclic) bond motifs is 1. The average molecular weight is 416 g/mol. The van der Waals surface area contributed by atoms with Crippen molar-refractivity contribution < 1.29 is 19.2 Å². The van der Waals surface area contributed by atoms with E-state index in [4.69, 9.17) is 5.21 Å². The van der Waals surface area contributed by atoms with Crippen LogP contribution >= 0.6 is 0 Å². The maximum absolute atomic E-state index is 13.5. The van der Waals surface area contributed by atoms with Crippen molar-refractivity contribution in [2.45, 2.75) is 13.0 Å². The van der Waals surface area contributed by atoms with E-state index in [2.05, 4.69) is 0 Å². The fourth-order valence-electron chi connectivity index (χ4n) is 3.72. The lowest BCUT2D eigenvalue weighted by atomic mass is 9.95. The Morgan fingerprint density at radius 2 is 1.65 bits per heavy atom. The van der Waals surface area contributed by atoms with Crippen LogP contribution in [0.4, 0.5) is 4.39 Å². The van der Waals surface area contributed by atoms with Crippen LogP contribution in [-0.2, 0) is 17.8 Å². The number of rotatable bonds is 4. The Labute approximate surface area is 179 Å². The molecular formula is C25H21FN2O3. The van der Waals surface area contributed by atoms with Gasteiger partial charge in [-0.25, -0.2) is 9.87 Å². The van der Waals surface area contributed by atoms with Gasteiger partial charge in [-0.15, -0.1) is 0 Å². The van der Waals surface area contributed by atoms with Crippen LogP contribution < -0.4 is 5.48 Å². The summed E-state index contributed by atoms with van der Waals surface area (Å²) in [6.07, 6.45) is 2.41. The highest BCUT2D eigenvalue weighted by Gasteiger charge is 2.25. The number of hydrogen-bond acceptors (Lipinski definition) is 3. The van der Waals surface area contributed by atoms with Crippen molar-refractivity contribution in [3.63, 3.8) is 0 Å². The Morgan fingerprint density at radius 3 is 2.35 bits per heavy atom. The maximum Gasteiger partial charge on any atom is 0.274 e. The van der Waals surface area contributed by atoms with E-state index >= 15 is 0 Å². The molecule has 0 saturated heterocycles. The molecule has 1 heterocycles. The first-order chi connectivity index (χ1) is 15.0. The zero-order valence-electron chi connectivity index (χ0n) is 16.7. The second-order valence-electron chi connectivity index (χ2n) is 7.38. The molecule has 2 amide bonds. The molecule has 6 heteroatoms. The van der Waals surface area contributed by atoms with Gasteiger partial charge in [-0.05, 0) is 59.0 Å². The highest BCUT2D eigenvalue weighted by molar-refractivity contribution is 6.24. The molecule has 0 spiro atoms. The molecule has 156 valence electrons. The molecular weight excluding hydrogens is 395 g/mol. The Kier molecular flexibility index (Phi) is 5.91. The van der Waals surface area contributed by atoms with Crippen LogP contribution in [-0.4, -0.2) is 28.5 Å². The predicted molar refractivity (Wildman–Crippen MR) is 116 cm³/mol. The molecule has 0 unspecified atom stereocenters. The normalized spacial score (nSPS) is 13.5. The summed E-state index contributed by atoms with van der Waals surface area (Å²) in [5.74, 6) is -1.06. The standard InChI is InChI=1S/C25H21FN2O3/c26-22-10-8-18(9-11-22)23(14-17-4-2-1-3-5-17)25(30)28-13-12-19-15-20(24(29)27-31)6-7-21(19)16-28/h1-11,14-15,31H,12-13,16H2,(H,27,29)/b23-14+. The van der Waals surface area contributed by atoms with Crippen LogP contribution in [0.2, 0.25) is 0 Å². The molecule has 4 rings (SSSR count). The van der Waals surface area contributed by atoms with Crippen molar-refractivity contribution >= 4 is 23.5 Å². The zero-order chi connectivity index (χ0) is 21.8. The first kappa shape index (κ1) is 20.5. The van der Waals surface area contributed by atoms with Crippen LogP contribution in [0.1, 0.15) is 32.6 Å². The Balaban J connectivity index is 1.64. The van der Waals surface area contributed by atoms with E-state index < -0.39 is 5.91 Å². The van der Waals surface area contributed by atoms with Gasteiger partial charge in [0, 0.05) is 24.2 Å². The van der Waals surface area contributed by atoms with E-state index in [0.29, 0.717) is 36.2 Å². The highest BCUT2D eigenvalue weighted by Crippen LogP contribution is 2.26. The molecule has 0 radical (unpaired) electrons. The lowest BCUT2D eigenvalue weighted by Crippen LogP contribution is -2.36. The molecule has 0 atom stereocenters. The smallest absolute Gasteiger partial charge is 0.274 e. The maximum atomic E-state index is 13.5. The summed E-state index contributed by atoms with van der Waals surface area (Å²) < 4.78 is 13.5. The Bertz CT molecular complexity index is 1140. The molecule has 0 saturated carbocycles. The second-order valence-corrected chi connectivity index (χ2v) is 7.38. The molecule has 5 nitrogen and oxygen atoms in total.